The Balaban J connectivity index is 2.30. The molecule has 0 atom stereocenters. The van der Waals surface area contributed by atoms with Crippen LogP contribution in [0.15, 0.2) is 18.2 Å². The van der Waals surface area contributed by atoms with Crippen molar-refractivity contribution in [3.8, 4) is 5.75 Å². The first-order valence-corrected chi connectivity index (χ1v) is 5.86. The van der Waals surface area contributed by atoms with Crippen molar-refractivity contribution in [2.75, 3.05) is 18.8 Å². The van der Waals surface area contributed by atoms with Gasteiger partial charge in [0.25, 0.3) is 0 Å². The molecular weight excluding hydrogens is 264 g/mol. The SMILES string of the molecule is Nc1ccc(OC2(C(F)(F)F)CCNCC2)c(F)c1. The van der Waals surface area contributed by atoms with Crippen LogP contribution in [0.3, 0.4) is 0 Å². The van der Waals surface area contributed by atoms with Gasteiger partial charge in [0.05, 0.1) is 0 Å². The van der Waals surface area contributed by atoms with Gasteiger partial charge >= 0.3 is 6.18 Å². The van der Waals surface area contributed by atoms with E-state index in [1.165, 1.54) is 6.07 Å². The summed E-state index contributed by atoms with van der Waals surface area (Å²) in [5.41, 5.74) is 3.15. The molecule has 0 bridgehead atoms. The minimum absolute atomic E-state index is 0.135. The van der Waals surface area contributed by atoms with Crippen molar-refractivity contribution in [2.45, 2.75) is 24.6 Å². The minimum Gasteiger partial charge on any atom is -0.475 e. The second-order valence-electron chi connectivity index (χ2n) is 4.53. The van der Waals surface area contributed by atoms with Crippen LogP contribution in [0.4, 0.5) is 23.2 Å². The number of nitrogens with two attached hydrogens (primary N) is 1. The number of anilines is 1. The molecule has 1 aromatic rings. The standard InChI is InChI=1S/C12H14F4N2O/c13-9-7-8(17)1-2-10(9)19-11(12(14,15)16)3-5-18-6-4-11/h1-2,7,18H,3-6,17H2. The molecule has 0 aromatic heterocycles. The predicted octanol–water partition coefficient (Wildman–Crippen LogP) is 2.47. The molecule has 3 N–H and O–H groups in total. The number of benzene rings is 1. The molecule has 1 fully saturated rings. The topological polar surface area (TPSA) is 47.3 Å². The molecule has 0 unspecified atom stereocenters. The lowest BCUT2D eigenvalue weighted by Gasteiger charge is -2.39. The highest BCUT2D eigenvalue weighted by Gasteiger charge is 2.57. The molecule has 0 spiro atoms. The monoisotopic (exact) mass is 278 g/mol. The molecular formula is C12H14F4N2O. The molecule has 7 heteroatoms. The second kappa shape index (κ2) is 4.88. The van der Waals surface area contributed by atoms with E-state index in [1.807, 2.05) is 0 Å². The average Bonchev–Trinajstić information content (AvgIpc) is 2.33. The van der Waals surface area contributed by atoms with Crippen LogP contribution < -0.4 is 15.8 Å². The first-order chi connectivity index (χ1) is 8.84. The van der Waals surface area contributed by atoms with Gasteiger partial charge in [0.1, 0.15) is 0 Å². The van der Waals surface area contributed by atoms with E-state index in [2.05, 4.69) is 5.32 Å². The van der Waals surface area contributed by atoms with Crippen LogP contribution in [-0.2, 0) is 0 Å². The molecule has 0 radical (unpaired) electrons. The van der Waals surface area contributed by atoms with Crippen LogP contribution in [0.2, 0.25) is 0 Å². The summed E-state index contributed by atoms with van der Waals surface area (Å²) in [5, 5.41) is 2.83. The second-order valence-corrected chi connectivity index (χ2v) is 4.53. The zero-order valence-corrected chi connectivity index (χ0v) is 10.1. The molecule has 1 aliphatic rings. The van der Waals surface area contributed by atoms with Gasteiger partial charge in [0.2, 0.25) is 5.60 Å². The first kappa shape index (κ1) is 13.9. The van der Waals surface area contributed by atoms with Gasteiger partial charge in [-0.2, -0.15) is 13.2 Å². The molecule has 3 nitrogen and oxygen atoms in total. The number of hydrogen-bond donors (Lipinski definition) is 2. The highest BCUT2D eigenvalue weighted by atomic mass is 19.4. The zero-order chi connectivity index (χ0) is 14.1. The van der Waals surface area contributed by atoms with Crippen LogP contribution in [0.25, 0.3) is 0 Å². The molecule has 0 aliphatic carbocycles. The molecule has 106 valence electrons. The highest BCUT2D eigenvalue weighted by molar-refractivity contribution is 5.43. The Morgan fingerprint density at radius 1 is 1.21 bits per heavy atom. The number of nitrogen functional groups attached to an aromatic ring is 1. The van der Waals surface area contributed by atoms with E-state index in [4.69, 9.17) is 10.5 Å². The lowest BCUT2D eigenvalue weighted by Crippen LogP contribution is -2.56. The minimum atomic E-state index is -4.55. The Morgan fingerprint density at radius 3 is 2.37 bits per heavy atom. The van der Waals surface area contributed by atoms with Gasteiger partial charge in [0.15, 0.2) is 11.6 Å². The molecule has 1 saturated heterocycles. The lowest BCUT2D eigenvalue weighted by atomic mass is 9.91. The van der Waals surface area contributed by atoms with Gasteiger partial charge in [-0.05, 0) is 25.2 Å². The third-order valence-electron chi connectivity index (χ3n) is 3.19. The third-order valence-corrected chi connectivity index (χ3v) is 3.19. The fourth-order valence-corrected chi connectivity index (χ4v) is 2.08. The fourth-order valence-electron chi connectivity index (χ4n) is 2.08. The molecule has 19 heavy (non-hydrogen) atoms. The van der Waals surface area contributed by atoms with Crippen LogP contribution >= 0.6 is 0 Å². The van der Waals surface area contributed by atoms with Crippen LogP contribution in [0.5, 0.6) is 5.75 Å². The normalized spacial score (nSPS) is 19.2. The first-order valence-electron chi connectivity index (χ1n) is 5.86. The Labute approximate surface area is 107 Å². The fraction of sp³-hybridized carbons (Fsp3) is 0.500. The molecule has 0 amide bonds. The maximum Gasteiger partial charge on any atom is 0.428 e. The summed E-state index contributed by atoms with van der Waals surface area (Å²) in [4.78, 5) is 0. The van der Waals surface area contributed by atoms with E-state index in [0.717, 1.165) is 12.1 Å². The van der Waals surface area contributed by atoms with Gasteiger partial charge in [-0.1, -0.05) is 0 Å². The van der Waals surface area contributed by atoms with Gasteiger partial charge in [-0.3, -0.25) is 0 Å². The van der Waals surface area contributed by atoms with Crippen LogP contribution in [-0.4, -0.2) is 24.9 Å². The molecule has 1 aliphatic heterocycles. The zero-order valence-electron chi connectivity index (χ0n) is 10.1. The van der Waals surface area contributed by atoms with Crippen LogP contribution in [0, 0.1) is 5.82 Å². The summed E-state index contributed by atoms with van der Waals surface area (Å²) in [6.45, 7) is 0.353. The quantitative estimate of drug-likeness (QED) is 0.645. The number of rotatable bonds is 2. The summed E-state index contributed by atoms with van der Waals surface area (Å²) in [6, 6.07) is 3.38. The molecule has 1 heterocycles. The number of halogens is 4. The van der Waals surface area contributed by atoms with Crippen molar-refractivity contribution >= 4 is 5.69 Å². The Kier molecular flexibility index (Phi) is 3.58. The Bertz CT molecular complexity index is 456. The van der Waals surface area contributed by atoms with Gasteiger partial charge in [-0.15, -0.1) is 0 Å². The van der Waals surface area contributed by atoms with E-state index < -0.39 is 23.3 Å². The smallest absolute Gasteiger partial charge is 0.428 e. The molecule has 1 aromatic carbocycles. The molecule has 2 rings (SSSR count). The van der Waals surface area contributed by atoms with Gasteiger partial charge in [0, 0.05) is 24.6 Å². The number of alkyl halides is 3. The van der Waals surface area contributed by atoms with E-state index >= 15 is 0 Å². The maximum absolute atomic E-state index is 13.6. The van der Waals surface area contributed by atoms with Crippen molar-refractivity contribution in [3.63, 3.8) is 0 Å². The number of hydrogen-bond acceptors (Lipinski definition) is 3. The number of ether oxygens (including phenoxy) is 1. The average molecular weight is 278 g/mol. The third kappa shape index (κ3) is 2.75. The summed E-state index contributed by atoms with van der Waals surface area (Å²) in [5.74, 6) is -1.31. The predicted molar refractivity (Wildman–Crippen MR) is 62.3 cm³/mol. The summed E-state index contributed by atoms with van der Waals surface area (Å²) < 4.78 is 58.2. The van der Waals surface area contributed by atoms with Gasteiger partial charge in [-0.25, -0.2) is 4.39 Å². The van der Waals surface area contributed by atoms with Crippen LogP contribution in [0.1, 0.15) is 12.8 Å². The van der Waals surface area contributed by atoms with E-state index in [-0.39, 0.29) is 31.6 Å². The van der Waals surface area contributed by atoms with E-state index in [1.54, 1.807) is 0 Å². The maximum atomic E-state index is 13.6. The largest absolute Gasteiger partial charge is 0.475 e. The summed E-state index contributed by atoms with van der Waals surface area (Å²) in [7, 11) is 0. The van der Waals surface area contributed by atoms with E-state index in [0.29, 0.717) is 0 Å². The molecule has 0 saturated carbocycles. The van der Waals surface area contributed by atoms with Crippen molar-refractivity contribution in [1.29, 1.82) is 0 Å². The van der Waals surface area contributed by atoms with Crippen molar-refractivity contribution in [2.24, 2.45) is 0 Å². The Hall–Kier alpha value is -1.50. The Morgan fingerprint density at radius 2 is 1.84 bits per heavy atom. The highest BCUT2D eigenvalue weighted by Crippen LogP contribution is 2.41. The van der Waals surface area contributed by atoms with Crippen molar-refractivity contribution in [3.05, 3.63) is 24.0 Å². The van der Waals surface area contributed by atoms with Gasteiger partial charge < -0.3 is 15.8 Å². The number of nitrogens with one attached hydrogen (secondary N) is 1. The summed E-state index contributed by atoms with van der Waals surface area (Å²) >= 11 is 0. The summed E-state index contributed by atoms with van der Waals surface area (Å²) in [6.07, 6.45) is -5.05. The number of piperidine rings is 1. The lowest BCUT2D eigenvalue weighted by molar-refractivity contribution is -0.256. The van der Waals surface area contributed by atoms with E-state index in [9.17, 15) is 17.6 Å². The van der Waals surface area contributed by atoms with Crippen molar-refractivity contribution < 1.29 is 22.3 Å². The van der Waals surface area contributed by atoms with Crippen molar-refractivity contribution in [1.82, 2.24) is 5.32 Å².